The predicted molar refractivity (Wildman–Crippen MR) is 92.2 cm³/mol. The monoisotopic (exact) mass is 377 g/mol. The second-order valence-corrected chi connectivity index (χ2v) is 6.73. The second kappa shape index (κ2) is 7.06. The number of amides is 1. The third-order valence-corrected chi connectivity index (χ3v) is 4.77. The number of nitrogens with zero attached hydrogens (tertiary/aromatic N) is 1. The average molecular weight is 377 g/mol. The molecule has 142 valence electrons. The average Bonchev–Trinajstić information content (AvgIpc) is 3.41. The highest BCUT2D eigenvalue weighted by Gasteiger charge is 2.48. The van der Waals surface area contributed by atoms with Crippen molar-refractivity contribution in [3.63, 3.8) is 0 Å². The maximum atomic E-state index is 13.2. The van der Waals surface area contributed by atoms with E-state index in [2.05, 4.69) is 0 Å². The number of hydrogen-bond acceptors (Lipinski definition) is 2. The van der Waals surface area contributed by atoms with E-state index in [0.29, 0.717) is 6.42 Å². The lowest BCUT2D eigenvalue weighted by molar-refractivity contribution is -0.138. The van der Waals surface area contributed by atoms with Crippen LogP contribution in [0.3, 0.4) is 0 Å². The molecule has 2 unspecified atom stereocenters. The topological polar surface area (TPSA) is 57.6 Å². The Labute approximate surface area is 154 Å². The van der Waals surface area contributed by atoms with E-state index in [-0.39, 0.29) is 23.6 Å². The van der Waals surface area contributed by atoms with Crippen LogP contribution in [0.5, 0.6) is 0 Å². The van der Waals surface area contributed by atoms with Crippen molar-refractivity contribution in [1.29, 1.82) is 0 Å². The van der Waals surface area contributed by atoms with Crippen LogP contribution in [0.15, 0.2) is 48.5 Å². The van der Waals surface area contributed by atoms with Crippen LogP contribution in [-0.2, 0) is 17.5 Å². The fourth-order valence-electron chi connectivity index (χ4n) is 3.28. The third kappa shape index (κ3) is 4.13. The molecular formula is C20H18F3NO3. The van der Waals surface area contributed by atoms with E-state index in [1.807, 2.05) is 0 Å². The fraction of sp³-hybridized carbons (Fsp3) is 0.300. The number of benzene rings is 2. The minimum Gasteiger partial charge on any atom is -0.478 e. The molecule has 27 heavy (non-hydrogen) atoms. The summed E-state index contributed by atoms with van der Waals surface area (Å²) in [5, 5.41) is 8.90. The van der Waals surface area contributed by atoms with E-state index >= 15 is 0 Å². The molecule has 0 aliphatic heterocycles. The summed E-state index contributed by atoms with van der Waals surface area (Å²) in [6.45, 7) is 0.267. The fourth-order valence-corrected chi connectivity index (χ4v) is 3.28. The van der Waals surface area contributed by atoms with Gasteiger partial charge in [-0.05, 0) is 41.7 Å². The molecule has 0 bridgehead atoms. The van der Waals surface area contributed by atoms with Crippen LogP contribution >= 0.6 is 0 Å². The highest BCUT2D eigenvalue weighted by atomic mass is 19.4. The zero-order valence-corrected chi connectivity index (χ0v) is 14.5. The first-order chi connectivity index (χ1) is 12.7. The summed E-state index contributed by atoms with van der Waals surface area (Å²) in [6.07, 6.45) is -4.04. The summed E-state index contributed by atoms with van der Waals surface area (Å²) in [7, 11) is 1.60. The molecule has 2 atom stereocenters. The lowest BCUT2D eigenvalue weighted by Gasteiger charge is -2.18. The molecule has 1 N–H and O–H groups in total. The Kier molecular flexibility index (Phi) is 4.95. The van der Waals surface area contributed by atoms with Gasteiger partial charge >= 0.3 is 12.1 Å². The van der Waals surface area contributed by atoms with Crippen molar-refractivity contribution in [3.05, 3.63) is 70.8 Å². The first-order valence-corrected chi connectivity index (χ1v) is 8.42. The van der Waals surface area contributed by atoms with Crippen molar-refractivity contribution in [2.24, 2.45) is 5.92 Å². The molecule has 3 rings (SSSR count). The van der Waals surface area contributed by atoms with Crippen LogP contribution in [0.25, 0.3) is 0 Å². The molecule has 1 aliphatic carbocycles. The molecule has 0 radical (unpaired) electrons. The van der Waals surface area contributed by atoms with Crippen LogP contribution in [0.2, 0.25) is 0 Å². The Morgan fingerprint density at radius 1 is 1.11 bits per heavy atom. The van der Waals surface area contributed by atoms with Crippen LogP contribution < -0.4 is 0 Å². The van der Waals surface area contributed by atoms with Gasteiger partial charge in [0, 0.05) is 19.5 Å². The molecule has 2 aromatic carbocycles. The molecule has 2 aromatic rings. The van der Waals surface area contributed by atoms with Gasteiger partial charge in [0.1, 0.15) is 0 Å². The van der Waals surface area contributed by atoms with Gasteiger partial charge in [-0.3, -0.25) is 4.79 Å². The Morgan fingerprint density at radius 2 is 1.74 bits per heavy atom. The summed E-state index contributed by atoms with van der Waals surface area (Å²) < 4.78 is 39.5. The number of carbonyl (C=O) groups excluding carboxylic acids is 1. The van der Waals surface area contributed by atoms with E-state index in [1.54, 1.807) is 25.2 Å². The maximum absolute atomic E-state index is 13.2. The summed E-state index contributed by atoms with van der Waals surface area (Å²) in [5.74, 6) is -2.13. The Hall–Kier alpha value is -2.83. The van der Waals surface area contributed by atoms with E-state index in [0.717, 1.165) is 11.6 Å². The van der Waals surface area contributed by atoms with Crippen molar-refractivity contribution in [2.75, 3.05) is 7.05 Å². The number of hydrogen-bond donors (Lipinski definition) is 1. The largest absolute Gasteiger partial charge is 0.478 e. The minimum absolute atomic E-state index is 0.152. The Morgan fingerprint density at radius 3 is 2.33 bits per heavy atom. The molecule has 0 saturated heterocycles. The maximum Gasteiger partial charge on any atom is 0.416 e. The van der Waals surface area contributed by atoms with Gasteiger partial charge in [0.15, 0.2) is 0 Å². The number of alkyl halides is 3. The van der Waals surface area contributed by atoms with Crippen LogP contribution in [0.4, 0.5) is 13.2 Å². The third-order valence-electron chi connectivity index (χ3n) is 4.77. The zero-order chi connectivity index (χ0) is 19.8. The van der Waals surface area contributed by atoms with Gasteiger partial charge in [-0.15, -0.1) is 0 Å². The Bertz CT molecular complexity index is 862. The first-order valence-electron chi connectivity index (χ1n) is 8.42. The van der Waals surface area contributed by atoms with Gasteiger partial charge in [-0.25, -0.2) is 4.79 Å². The smallest absolute Gasteiger partial charge is 0.416 e. The molecule has 7 heteroatoms. The predicted octanol–water partition coefficient (Wildman–Crippen LogP) is 4.17. The van der Waals surface area contributed by atoms with E-state index in [1.165, 1.54) is 29.2 Å². The molecule has 4 nitrogen and oxygen atoms in total. The lowest BCUT2D eigenvalue weighted by Crippen LogP contribution is -2.28. The van der Waals surface area contributed by atoms with Crippen molar-refractivity contribution < 1.29 is 27.9 Å². The number of carbonyl (C=O) groups is 2. The summed E-state index contributed by atoms with van der Waals surface area (Å²) in [4.78, 5) is 24.9. The molecular weight excluding hydrogens is 359 g/mol. The number of aromatic carboxylic acids is 1. The second-order valence-electron chi connectivity index (χ2n) is 6.73. The van der Waals surface area contributed by atoms with Gasteiger partial charge in [-0.2, -0.15) is 13.2 Å². The Balaban J connectivity index is 1.67. The minimum atomic E-state index is -4.44. The lowest BCUT2D eigenvalue weighted by atomic mass is 10.0. The summed E-state index contributed by atoms with van der Waals surface area (Å²) >= 11 is 0. The van der Waals surface area contributed by atoms with Crippen molar-refractivity contribution >= 4 is 11.9 Å². The number of carboxylic acids is 1. The van der Waals surface area contributed by atoms with Gasteiger partial charge in [0.25, 0.3) is 0 Å². The van der Waals surface area contributed by atoms with Crippen LogP contribution in [-0.4, -0.2) is 28.9 Å². The van der Waals surface area contributed by atoms with E-state index < -0.39 is 29.5 Å². The molecule has 1 aliphatic rings. The van der Waals surface area contributed by atoms with Crippen LogP contribution in [0, 0.1) is 5.92 Å². The van der Waals surface area contributed by atoms with E-state index in [4.69, 9.17) is 5.11 Å². The van der Waals surface area contributed by atoms with Crippen LogP contribution in [0.1, 0.15) is 39.4 Å². The molecule has 0 heterocycles. The summed E-state index contributed by atoms with van der Waals surface area (Å²) in [6, 6.07) is 11.5. The van der Waals surface area contributed by atoms with Gasteiger partial charge in [0.05, 0.1) is 11.1 Å². The SMILES string of the molecule is CN(Cc1ccc(C(=O)O)cc1)C(=O)C1CC1c1ccccc1C(F)(F)F. The van der Waals surface area contributed by atoms with Crippen molar-refractivity contribution in [1.82, 2.24) is 4.90 Å². The molecule has 0 aromatic heterocycles. The number of carboxylic acid groups (broad SMARTS) is 1. The van der Waals surface area contributed by atoms with Crippen molar-refractivity contribution in [3.8, 4) is 0 Å². The van der Waals surface area contributed by atoms with Crippen molar-refractivity contribution in [2.45, 2.75) is 25.1 Å². The van der Waals surface area contributed by atoms with Gasteiger partial charge < -0.3 is 10.0 Å². The van der Waals surface area contributed by atoms with Gasteiger partial charge in [-0.1, -0.05) is 30.3 Å². The molecule has 0 spiro atoms. The molecule has 1 fully saturated rings. The molecule has 1 amide bonds. The normalized spacial score (nSPS) is 18.8. The standard InChI is InChI=1S/C20H18F3NO3/c1-24(11-12-6-8-13(9-7-12)19(26)27)18(25)16-10-15(16)14-4-2-3-5-17(14)20(21,22)23/h2-9,15-16H,10-11H2,1H3,(H,26,27). The first kappa shape index (κ1) is 18.9. The number of rotatable bonds is 5. The molecule has 1 saturated carbocycles. The quantitative estimate of drug-likeness (QED) is 0.851. The van der Waals surface area contributed by atoms with Gasteiger partial charge in [0.2, 0.25) is 5.91 Å². The summed E-state index contributed by atoms with van der Waals surface area (Å²) in [5.41, 5.74) is 0.391. The zero-order valence-electron chi connectivity index (χ0n) is 14.5. The van der Waals surface area contributed by atoms with E-state index in [9.17, 15) is 22.8 Å². The highest BCUT2D eigenvalue weighted by Crippen LogP contribution is 2.51. The highest BCUT2D eigenvalue weighted by molar-refractivity contribution is 5.87. The number of halogens is 3.